The smallest absolute Gasteiger partial charge is 0.161 e. The van der Waals surface area contributed by atoms with Crippen LogP contribution in [0, 0.1) is 6.92 Å². The van der Waals surface area contributed by atoms with Crippen LogP contribution in [0.15, 0.2) is 30.3 Å². The summed E-state index contributed by atoms with van der Waals surface area (Å²) in [4.78, 5) is 0. The lowest BCUT2D eigenvalue weighted by Crippen LogP contribution is -2.03. The molecule has 0 N–H and O–H groups in total. The molecule has 0 radical (unpaired) electrons. The van der Waals surface area contributed by atoms with Gasteiger partial charge in [0, 0.05) is 0 Å². The molecule has 0 spiro atoms. The van der Waals surface area contributed by atoms with Crippen molar-refractivity contribution in [1.82, 2.24) is 0 Å². The molecule has 2 nitrogen and oxygen atoms in total. The van der Waals surface area contributed by atoms with Crippen molar-refractivity contribution >= 4 is 10.8 Å². The maximum absolute atomic E-state index is 6.10. The van der Waals surface area contributed by atoms with Crippen molar-refractivity contribution in [2.45, 2.75) is 72.1 Å². The van der Waals surface area contributed by atoms with Gasteiger partial charge in [-0.1, -0.05) is 70.6 Å². The molecule has 0 unspecified atom stereocenters. The van der Waals surface area contributed by atoms with Crippen LogP contribution in [0.2, 0.25) is 0 Å². The van der Waals surface area contributed by atoms with Gasteiger partial charge in [0.05, 0.1) is 13.2 Å². The van der Waals surface area contributed by atoms with Crippen molar-refractivity contribution in [3.05, 3.63) is 35.9 Å². The highest BCUT2D eigenvalue weighted by atomic mass is 16.5. The third kappa shape index (κ3) is 6.26. The van der Waals surface area contributed by atoms with Crippen molar-refractivity contribution in [3.8, 4) is 11.5 Å². The van der Waals surface area contributed by atoms with Crippen LogP contribution in [0.3, 0.4) is 0 Å². The third-order valence-corrected chi connectivity index (χ3v) is 4.67. The Bertz CT molecular complexity index is 633. The molecule has 0 aromatic heterocycles. The van der Waals surface area contributed by atoms with E-state index in [1.807, 2.05) is 0 Å². The van der Waals surface area contributed by atoms with E-state index >= 15 is 0 Å². The summed E-state index contributed by atoms with van der Waals surface area (Å²) in [7, 11) is 0. The minimum Gasteiger partial charge on any atom is -0.490 e. The molecular weight excluding hydrogens is 308 g/mol. The van der Waals surface area contributed by atoms with Crippen molar-refractivity contribution in [1.29, 1.82) is 0 Å². The minimum absolute atomic E-state index is 0.767. The van der Waals surface area contributed by atoms with E-state index < -0.39 is 0 Å². The number of unbranched alkanes of at least 4 members (excludes halogenated alkanes) is 6. The first-order chi connectivity index (χ1) is 12.3. The van der Waals surface area contributed by atoms with E-state index in [4.69, 9.17) is 9.47 Å². The molecule has 0 aliphatic rings. The highest BCUT2D eigenvalue weighted by molar-refractivity contribution is 5.88. The van der Waals surface area contributed by atoms with E-state index in [0.717, 1.165) is 37.6 Å². The number of rotatable bonds is 12. The zero-order chi connectivity index (χ0) is 17.9. The van der Waals surface area contributed by atoms with Crippen molar-refractivity contribution in [2.75, 3.05) is 13.2 Å². The molecule has 0 saturated carbocycles. The standard InChI is InChI=1S/C23H34O2/c1-4-6-8-10-15-24-22-17-20-14-12-13-19(3)21(20)18-23(22)25-16-11-9-7-5-2/h12-14,17-18H,4-11,15-16H2,1-3H3. The lowest BCUT2D eigenvalue weighted by Gasteiger charge is -2.15. The Kier molecular flexibility index (Phi) is 8.65. The summed E-state index contributed by atoms with van der Waals surface area (Å²) in [5.74, 6) is 1.79. The van der Waals surface area contributed by atoms with Crippen LogP contribution in [0.1, 0.15) is 70.8 Å². The molecule has 0 bridgehead atoms. The van der Waals surface area contributed by atoms with E-state index in [9.17, 15) is 0 Å². The summed E-state index contributed by atoms with van der Waals surface area (Å²) < 4.78 is 12.2. The molecule has 0 aliphatic carbocycles. The third-order valence-electron chi connectivity index (χ3n) is 4.67. The van der Waals surface area contributed by atoms with Crippen LogP contribution in [0.25, 0.3) is 10.8 Å². The van der Waals surface area contributed by atoms with Gasteiger partial charge in [-0.2, -0.15) is 0 Å². The van der Waals surface area contributed by atoms with Crippen molar-refractivity contribution in [3.63, 3.8) is 0 Å². The molecule has 0 amide bonds. The Morgan fingerprint density at radius 1 is 0.720 bits per heavy atom. The summed E-state index contributed by atoms with van der Waals surface area (Å²) in [6.07, 6.45) is 9.74. The zero-order valence-corrected chi connectivity index (χ0v) is 16.3. The summed E-state index contributed by atoms with van der Waals surface area (Å²) in [6, 6.07) is 10.7. The molecular formula is C23H34O2. The van der Waals surface area contributed by atoms with Gasteiger partial charge in [-0.25, -0.2) is 0 Å². The quantitative estimate of drug-likeness (QED) is 0.384. The van der Waals surface area contributed by atoms with Crippen LogP contribution in [0.5, 0.6) is 11.5 Å². The monoisotopic (exact) mass is 342 g/mol. The summed E-state index contributed by atoms with van der Waals surface area (Å²) in [5, 5.41) is 2.48. The Balaban J connectivity index is 2.07. The summed E-state index contributed by atoms with van der Waals surface area (Å²) >= 11 is 0. The van der Waals surface area contributed by atoms with Gasteiger partial charge in [0.1, 0.15) is 0 Å². The molecule has 138 valence electrons. The Morgan fingerprint density at radius 3 is 1.92 bits per heavy atom. The molecule has 0 saturated heterocycles. The van der Waals surface area contributed by atoms with Gasteiger partial charge in [0.15, 0.2) is 11.5 Å². The van der Waals surface area contributed by atoms with Crippen LogP contribution in [-0.2, 0) is 0 Å². The molecule has 2 aromatic carbocycles. The number of ether oxygens (including phenoxy) is 2. The van der Waals surface area contributed by atoms with E-state index in [1.165, 1.54) is 54.9 Å². The predicted molar refractivity (Wildman–Crippen MR) is 108 cm³/mol. The number of benzene rings is 2. The number of hydrogen-bond acceptors (Lipinski definition) is 2. The average molecular weight is 343 g/mol. The van der Waals surface area contributed by atoms with Gasteiger partial charge in [0.2, 0.25) is 0 Å². The van der Waals surface area contributed by atoms with Crippen molar-refractivity contribution < 1.29 is 9.47 Å². The number of hydrogen-bond donors (Lipinski definition) is 0. The maximum atomic E-state index is 6.10. The molecule has 2 aromatic rings. The first-order valence-electron chi connectivity index (χ1n) is 10.0. The first-order valence-corrected chi connectivity index (χ1v) is 10.0. The molecule has 0 heterocycles. The highest BCUT2D eigenvalue weighted by Gasteiger charge is 2.09. The average Bonchev–Trinajstić information content (AvgIpc) is 2.62. The Labute approximate surface area is 153 Å². The van der Waals surface area contributed by atoms with Gasteiger partial charge in [0.25, 0.3) is 0 Å². The lowest BCUT2D eigenvalue weighted by molar-refractivity contribution is 0.259. The van der Waals surface area contributed by atoms with Gasteiger partial charge in [-0.05, 0) is 48.2 Å². The number of fused-ring (bicyclic) bond motifs is 1. The second kappa shape index (κ2) is 11.0. The fraction of sp³-hybridized carbons (Fsp3) is 0.565. The van der Waals surface area contributed by atoms with Crippen LogP contribution in [-0.4, -0.2) is 13.2 Å². The lowest BCUT2D eigenvalue weighted by atomic mass is 10.0. The first kappa shape index (κ1) is 19.6. The zero-order valence-electron chi connectivity index (χ0n) is 16.3. The molecule has 0 aliphatic heterocycles. The predicted octanol–water partition coefficient (Wildman–Crippen LogP) is 7.07. The van der Waals surface area contributed by atoms with Crippen molar-refractivity contribution in [2.24, 2.45) is 0 Å². The van der Waals surface area contributed by atoms with Gasteiger partial charge < -0.3 is 9.47 Å². The molecule has 2 heteroatoms. The maximum Gasteiger partial charge on any atom is 0.161 e. The van der Waals surface area contributed by atoms with Gasteiger partial charge in [-0.3, -0.25) is 0 Å². The Morgan fingerprint density at radius 2 is 1.32 bits per heavy atom. The SMILES string of the molecule is CCCCCCOc1cc2cccc(C)c2cc1OCCCCCC. The van der Waals surface area contributed by atoms with Crippen LogP contribution < -0.4 is 9.47 Å². The topological polar surface area (TPSA) is 18.5 Å². The van der Waals surface area contributed by atoms with Crippen LogP contribution in [0.4, 0.5) is 0 Å². The number of aryl methyl sites for hydroxylation is 1. The fourth-order valence-electron chi connectivity index (χ4n) is 3.09. The normalized spacial score (nSPS) is 11.0. The van der Waals surface area contributed by atoms with E-state index in [1.54, 1.807) is 0 Å². The minimum atomic E-state index is 0.767. The summed E-state index contributed by atoms with van der Waals surface area (Å²) in [6.45, 7) is 8.15. The van der Waals surface area contributed by atoms with Gasteiger partial charge in [-0.15, -0.1) is 0 Å². The molecule has 2 rings (SSSR count). The fourth-order valence-corrected chi connectivity index (χ4v) is 3.09. The van der Waals surface area contributed by atoms with E-state index in [2.05, 4.69) is 51.1 Å². The molecule has 0 atom stereocenters. The second-order valence-electron chi connectivity index (χ2n) is 6.91. The van der Waals surface area contributed by atoms with E-state index in [0.29, 0.717) is 0 Å². The largest absolute Gasteiger partial charge is 0.490 e. The van der Waals surface area contributed by atoms with Gasteiger partial charge >= 0.3 is 0 Å². The molecule has 25 heavy (non-hydrogen) atoms. The summed E-state index contributed by atoms with van der Waals surface area (Å²) in [5.41, 5.74) is 1.28. The molecule has 0 fully saturated rings. The highest BCUT2D eigenvalue weighted by Crippen LogP contribution is 2.34. The second-order valence-corrected chi connectivity index (χ2v) is 6.91. The van der Waals surface area contributed by atoms with E-state index in [-0.39, 0.29) is 0 Å². The van der Waals surface area contributed by atoms with Crippen LogP contribution >= 0.6 is 0 Å². The Hall–Kier alpha value is -1.70.